The van der Waals surface area contributed by atoms with Gasteiger partial charge in [-0.25, -0.2) is 4.39 Å². The molecule has 0 aromatic heterocycles. The normalized spacial score (nSPS) is 12.7. The first kappa shape index (κ1) is 34.4. The SMILES string of the molecule is C/C(=C\C(Cc1ccc(-c2ccc(F)c(Cl)c2)cc1)Sc1ccc(OCN(O)O)c(C)c1)NC(=S)c1ccc(C(F)(F)F)cc1. The zero-order valence-corrected chi connectivity index (χ0v) is 26.5. The van der Waals surface area contributed by atoms with Crippen LogP contribution in [-0.2, 0) is 12.6 Å². The first-order chi connectivity index (χ1) is 21.3. The standard InChI is InChI=1S/C33H29ClF4N2O3S2/c1-20-15-27(12-14-31(20)43-19-40(41)42)45-28(16-21(2)39-32(44)24-7-10-26(11-8-24)33(36,37)38)17-22-3-5-23(6-4-22)25-9-13-30(35)29(34)18-25/h3-16,18,28,41-42H,17,19H2,1-2H3,(H,39,44)/b21-16+. The Hall–Kier alpha value is -3.45. The Labute approximate surface area is 273 Å². The molecule has 12 heteroatoms. The summed E-state index contributed by atoms with van der Waals surface area (Å²) in [5, 5.41) is 20.9. The molecular formula is C33H29ClF4N2O3S2. The van der Waals surface area contributed by atoms with Crippen LogP contribution in [0.2, 0.25) is 5.02 Å². The van der Waals surface area contributed by atoms with Gasteiger partial charge in [-0.3, -0.25) is 10.4 Å². The molecule has 0 aliphatic heterocycles. The Bertz CT molecular complexity index is 1660. The predicted octanol–water partition coefficient (Wildman–Crippen LogP) is 9.46. The van der Waals surface area contributed by atoms with Crippen LogP contribution in [0.15, 0.2) is 102 Å². The summed E-state index contributed by atoms with van der Waals surface area (Å²) in [4.78, 5) is 1.23. The summed E-state index contributed by atoms with van der Waals surface area (Å²) in [5.74, 6) is 0.0137. The minimum atomic E-state index is -4.43. The van der Waals surface area contributed by atoms with E-state index < -0.39 is 24.3 Å². The highest BCUT2D eigenvalue weighted by molar-refractivity contribution is 8.00. The van der Waals surface area contributed by atoms with Gasteiger partial charge in [0.25, 0.3) is 0 Å². The fourth-order valence-electron chi connectivity index (χ4n) is 4.42. The maximum Gasteiger partial charge on any atom is 0.416 e. The zero-order chi connectivity index (χ0) is 32.7. The van der Waals surface area contributed by atoms with Gasteiger partial charge in [0.15, 0.2) is 6.73 Å². The molecule has 236 valence electrons. The van der Waals surface area contributed by atoms with Crippen molar-refractivity contribution < 1.29 is 32.7 Å². The van der Waals surface area contributed by atoms with Gasteiger partial charge in [0.2, 0.25) is 0 Å². The summed E-state index contributed by atoms with van der Waals surface area (Å²) >= 11 is 13.0. The summed E-state index contributed by atoms with van der Waals surface area (Å²) in [7, 11) is 0. The van der Waals surface area contributed by atoms with E-state index in [1.165, 1.54) is 18.2 Å². The van der Waals surface area contributed by atoms with Crippen molar-refractivity contribution in [1.29, 1.82) is 0 Å². The number of halogens is 5. The Balaban J connectivity index is 1.54. The average Bonchev–Trinajstić information content (AvgIpc) is 2.98. The van der Waals surface area contributed by atoms with Crippen LogP contribution < -0.4 is 10.1 Å². The van der Waals surface area contributed by atoms with Crippen molar-refractivity contribution in [2.75, 3.05) is 6.73 Å². The number of benzene rings is 4. The second kappa shape index (κ2) is 15.2. The molecule has 0 fully saturated rings. The summed E-state index contributed by atoms with van der Waals surface area (Å²) in [5.41, 5.74) is 3.93. The van der Waals surface area contributed by atoms with Crippen LogP contribution in [-0.4, -0.2) is 32.6 Å². The number of hydrogen-bond donors (Lipinski definition) is 3. The van der Waals surface area contributed by atoms with Gasteiger partial charge in [0.05, 0.1) is 10.6 Å². The van der Waals surface area contributed by atoms with Crippen molar-refractivity contribution in [1.82, 2.24) is 10.5 Å². The molecule has 0 radical (unpaired) electrons. The van der Waals surface area contributed by atoms with Gasteiger partial charge in [-0.05, 0) is 90.2 Å². The molecule has 0 spiro atoms. The average molecular weight is 677 g/mol. The van der Waals surface area contributed by atoms with E-state index in [2.05, 4.69) is 5.32 Å². The van der Waals surface area contributed by atoms with Crippen LogP contribution in [0.3, 0.4) is 0 Å². The van der Waals surface area contributed by atoms with Gasteiger partial charge in [-0.1, -0.05) is 72.4 Å². The van der Waals surface area contributed by atoms with E-state index in [9.17, 15) is 17.6 Å². The Kier molecular flexibility index (Phi) is 11.6. The number of nitrogens with zero attached hydrogens (tertiary/aromatic N) is 1. The third-order valence-corrected chi connectivity index (χ3v) is 8.39. The van der Waals surface area contributed by atoms with Gasteiger partial charge < -0.3 is 10.1 Å². The molecule has 4 rings (SSSR count). The monoisotopic (exact) mass is 676 g/mol. The van der Waals surface area contributed by atoms with E-state index in [4.69, 9.17) is 39.0 Å². The lowest BCUT2D eigenvalue weighted by molar-refractivity contribution is -0.330. The first-order valence-corrected chi connectivity index (χ1v) is 15.2. The van der Waals surface area contributed by atoms with Crippen molar-refractivity contribution in [2.24, 2.45) is 0 Å². The quantitative estimate of drug-likeness (QED) is 0.0481. The van der Waals surface area contributed by atoms with Gasteiger partial charge in [0, 0.05) is 21.4 Å². The van der Waals surface area contributed by atoms with Crippen molar-refractivity contribution in [3.05, 3.63) is 130 Å². The molecule has 45 heavy (non-hydrogen) atoms. The van der Waals surface area contributed by atoms with Gasteiger partial charge in [0.1, 0.15) is 16.6 Å². The molecule has 0 bridgehead atoms. The van der Waals surface area contributed by atoms with Crippen LogP contribution in [0.25, 0.3) is 11.1 Å². The van der Waals surface area contributed by atoms with Crippen LogP contribution in [0.4, 0.5) is 17.6 Å². The third kappa shape index (κ3) is 10.0. The Morgan fingerprint density at radius 1 is 1.00 bits per heavy atom. The number of hydroxylamine groups is 2. The smallest absolute Gasteiger partial charge is 0.416 e. The lowest BCUT2D eigenvalue weighted by atomic mass is 10.0. The first-order valence-electron chi connectivity index (χ1n) is 13.6. The molecule has 0 saturated carbocycles. The number of alkyl halides is 3. The van der Waals surface area contributed by atoms with E-state index in [-0.39, 0.29) is 15.5 Å². The third-order valence-electron chi connectivity index (χ3n) is 6.63. The fourth-order valence-corrected chi connectivity index (χ4v) is 6.18. The minimum absolute atomic E-state index is 0.0483. The molecule has 1 unspecified atom stereocenters. The van der Waals surface area contributed by atoms with Crippen molar-refractivity contribution in [3.63, 3.8) is 0 Å². The number of hydrogen-bond acceptors (Lipinski definition) is 6. The number of ether oxygens (including phenoxy) is 1. The lowest BCUT2D eigenvalue weighted by Gasteiger charge is -2.18. The van der Waals surface area contributed by atoms with Gasteiger partial charge in [-0.2, -0.15) is 13.2 Å². The number of rotatable bonds is 11. The summed E-state index contributed by atoms with van der Waals surface area (Å²) in [6.45, 7) is 3.27. The Morgan fingerprint density at radius 3 is 2.27 bits per heavy atom. The fraction of sp³-hybridized carbons (Fsp3) is 0.182. The van der Waals surface area contributed by atoms with Crippen molar-refractivity contribution in [3.8, 4) is 16.9 Å². The number of thioether (sulfide) groups is 1. The molecule has 4 aromatic rings. The van der Waals surface area contributed by atoms with Crippen LogP contribution in [0.5, 0.6) is 5.75 Å². The van der Waals surface area contributed by atoms with Crippen LogP contribution >= 0.6 is 35.6 Å². The molecule has 3 N–H and O–H groups in total. The largest absolute Gasteiger partial charge is 0.473 e. The molecule has 5 nitrogen and oxygen atoms in total. The molecule has 4 aromatic carbocycles. The topological polar surface area (TPSA) is 65.0 Å². The number of nitrogens with one attached hydrogen (secondary N) is 1. The molecule has 0 amide bonds. The predicted molar refractivity (Wildman–Crippen MR) is 172 cm³/mol. The van der Waals surface area contributed by atoms with Crippen LogP contribution in [0.1, 0.15) is 29.2 Å². The second-order valence-electron chi connectivity index (χ2n) is 10.1. The number of aryl methyl sites for hydroxylation is 1. The van der Waals surface area contributed by atoms with Crippen molar-refractivity contribution in [2.45, 2.75) is 36.6 Å². The Morgan fingerprint density at radius 2 is 1.67 bits per heavy atom. The van der Waals surface area contributed by atoms with E-state index in [0.717, 1.165) is 45.0 Å². The van der Waals surface area contributed by atoms with Crippen molar-refractivity contribution >= 4 is 40.6 Å². The van der Waals surface area contributed by atoms with Gasteiger partial charge >= 0.3 is 6.18 Å². The minimum Gasteiger partial charge on any atom is -0.473 e. The molecule has 0 saturated heterocycles. The molecular weight excluding hydrogens is 648 g/mol. The summed E-state index contributed by atoms with van der Waals surface area (Å²) in [6.07, 6.45) is -1.81. The van der Waals surface area contributed by atoms with E-state index >= 15 is 0 Å². The molecule has 1 atom stereocenters. The molecule has 0 aliphatic carbocycles. The maximum atomic E-state index is 13.6. The molecule has 0 heterocycles. The number of thiocarbonyl (C=S) groups is 1. The lowest BCUT2D eigenvalue weighted by Crippen LogP contribution is -2.21. The van der Waals surface area contributed by atoms with Gasteiger partial charge in [-0.15, -0.1) is 11.8 Å². The van der Waals surface area contributed by atoms with E-state index in [0.29, 0.717) is 22.7 Å². The highest BCUT2D eigenvalue weighted by atomic mass is 35.5. The maximum absolute atomic E-state index is 13.6. The highest BCUT2D eigenvalue weighted by Crippen LogP contribution is 2.33. The van der Waals surface area contributed by atoms with E-state index in [1.54, 1.807) is 30.0 Å². The van der Waals surface area contributed by atoms with Crippen LogP contribution in [0, 0.1) is 12.7 Å². The second-order valence-corrected chi connectivity index (χ2v) is 12.3. The summed E-state index contributed by atoms with van der Waals surface area (Å²) < 4.78 is 58.0. The van der Waals surface area contributed by atoms with E-state index in [1.807, 2.05) is 56.3 Å². The molecule has 0 aliphatic rings. The number of allylic oxidation sites excluding steroid dienone is 1. The highest BCUT2D eigenvalue weighted by Gasteiger charge is 2.30. The summed E-state index contributed by atoms with van der Waals surface area (Å²) in [6, 6.07) is 22.6. The zero-order valence-electron chi connectivity index (χ0n) is 24.1.